The molecule has 72 heavy (non-hydrogen) atoms. The zero-order chi connectivity index (χ0) is 51.6. The number of rotatable bonds is 11. The van der Waals surface area contributed by atoms with Crippen molar-refractivity contribution in [3.63, 3.8) is 0 Å². The molecule has 0 amide bonds. The van der Waals surface area contributed by atoms with Crippen LogP contribution in [-0.4, -0.2) is 228 Å². The van der Waals surface area contributed by atoms with Crippen LogP contribution in [0.25, 0.3) is 0 Å². The van der Waals surface area contributed by atoms with E-state index >= 15 is 0 Å². The highest BCUT2D eigenvalue weighted by atomic mass is 16.8. The van der Waals surface area contributed by atoms with Crippen LogP contribution >= 0.6 is 0 Å². The predicted molar refractivity (Wildman–Crippen MR) is 242 cm³/mol. The third-order valence-corrected chi connectivity index (χ3v) is 19.5. The van der Waals surface area contributed by atoms with Crippen molar-refractivity contribution in [2.45, 2.75) is 233 Å². The molecule has 22 heteroatoms. The Morgan fingerprint density at radius 1 is 0.639 bits per heavy atom. The summed E-state index contributed by atoms with van der Waals surface area (Å²) >= 11 is 0. The number of fused-ring (bicyclic) bond motifs is 7. The molecule has 22 nitrogen and oxygen atoms in total. The van der Waals surface area contributed by atoms with Gasteiger partial charge in [0.1, 0.15) is 85.5 Å². The molecule has 6 saturated heterocycles. The molecule has 6 heterocycles. The third-order valence-electron chi connectivity index (χ3n) is 19.5. The maximum absolute atomic E-state index is 11.6. The topological polar surface area (TPSA) is 335 Å². The van der Waals surface area contributed by atoms with E-state index in [0.717, 1.165) is 32.1 Å². The number of allylic oxidation sites excluding steroid dienone is 1. The SMILES string of the molecule is C[C@@H]1O[C@@H](O[C@H]2[C@H](O[C@H]3CC[C@@]4(C)C(=CC[C@H]5[C@@H]6C[C@@H]7O[C@]8(CC[C@@](C)(CO[C@@H]9O[C@H](CO)[C@@H](O)[C@H](O)[C@H]9O)O8)[C@@H](C)[C@@H]7[C@@]6(C)CC[C@@H]54)C3)O[C@H](CO)[C@H](O)[C@@H]2O[C@@H]2OC[C@@H](O)[C@H](O)[C@H]2O)[C@H](O)[C@H](O)[C@H]1O. The molecular formula is C50H80O22. The largest absolute Gasteiger partial charge is 0.394 e. The summed E-state index contributed by atoms with van der Waals surface area (Å²) in [6, 6.07) is 0. The highest BCUT2D eigenvalue weighted by Gasteiger charge is 2.70. The predicted octanol–water partition coefficient (Wildman–Crippen LogP) is -2.21. The lowest BCUT2D eigenvalue weighted by molar-refractivity contribution is -0.390. The van der Waals surface area contributed by atoms with Gasteiger partial charge in [0.2, 0.25) is 0 Å². The van der Waals surface area contributed by atoms with Gasteiger partial charge >= 0.3 is 0 Å². The van der Waals surface area contributed by atoms with E-state index in [1.807, 2.05) is 6.92 Å². The van der Waals surface area contributed by atoms with Crippen molar-refractivity contribution in [3.05, 3.63) is 11.6 Å². The summed E-state index contributed by atoms with van der Waals surface area (Å²) in [4.78, 5) is 0. The van der Waals surface area contributed by atoms with Crippen LogP contribution in [0.4, 0.5) is 0 Å². The molecule has 3 saturated carbocycles. The molecule has 10 rings (SSSR count). The van der Waals surface area contributed by atoms with Gasteiger partial charge in [0.25, 0.3) is 0 Å². The molecule has 10 aliphatic rings. The molecule has 9 fully saturated rings. The standard InChI is InChI=1S/C50H80O22/c1-20-31-28(71-50(20)13-12-47(3,72-50)19-64-44-39(61)37(59)34(56)29(16-51)67-44)15-26-24-7-6-22-14-23(8-10-48(22,4)25(24)9-11-49(26,31)5)66-46-42(70-45-40(62)36(58)32(54)21(2)65-45)41(35(57)30(17-52)68-46)69-43-38(60)33(55)27(53)18-63-43/h6,20-21,23-46,51-62H,7-19H2,1-5H3/t20-,21-,23-,24+,25-,26-,27+,28-,29+,30+,31-,32-,33-,34+,35-,36+,37-,38+,39+,40+,41-,42+,43-,44+,45-,46+,47-,48-,49-,50-/m0/s1. The smallest absolute Gasteiger partial charge is 0.187 e. The number of ether oxygens (including phenoxy) is 10. The Hall–Kier alpha value is -1.14. The van der Waals surface area contributed by atoms with Crippen molar-refractivity contribution < 1.29 is 109 Å². The minimum Gasteiger partial charge on any atom is -0.394 e. The number of aliphatic hydroxyl groups is 12. The molecule has 0 bridgehead atoms. The fraction of sp³-hybridized carbons (Fsp3) is 0.960. The summed E-state index contributed by atoms with van der Waals surface area (Å²) in [6.07, 6.45) is -18.8. The minimum absolute atomic E-state index is 0.00382. The first kappa shape index (κ1) is 54.2. The van der Waals surface area contributed by atoms with Gasteiger partial charge in [-0.15, -0.1) is 0 Å². The molecule has 12 N–H and O–H groups in total. The quantitative estimate of drug-likeness (QED) is 0.0977. The monoisotopic (exact) mass is 1030 g/mol. The van der Waals surface area contributed by atoms with Gasteiger partial charge in [0, 0.05) is 12.3 Å². The van der Waals surface area contributed by atoms with Crippen molar-refractivity contribution in [1.29, 1.82) is 0 Å². The van der Waals surface area contributed by atoms with Crippen LogP contribution in [-0.2, 0) is 47.4 Å². The van der Waals surface area contributed by atoms with E-state index in [0.29, 0.717) is 43.4 Å². The van der Waals surface area contributed by atoms with Gasteiger partial charge in [0.05, 0.1) is 50.3 Å². The fourth-order valence-electron chi connectivity index (χ4n) is 15.3. The Morgan fingerprint density at radius 2 is 1.31 bits per heavy atom. The molecule has 0 unspecified atom stereocenters. The van der Waals surface area contributed by atoms with Gasteiger partial charge in [-0.3, -0.25) is 0 Å². The maximum Gasteiger partial charge on any atom is 0.187 e. The van der Waals surface area contributed by atoms with Gasteiger partial charge < -0.3 is 109 Å². The Labute approximate surface area is 419 Å². The fourth-order valence-corrected chi connectivity index (χ4v) is 15.3. The van der Waals surface area contributed by atoms with E-state index in [9.17, 15) is 61.3 Å². The Kier molecular flexibility index (Phi) is 15.3. The second-order valence-corrected chi connectivity index (χ2v) is 23.7. The third kappa shape index (κ3) is 9.08. The first-order valence-electron chi connectivity index (χ1n) is 26.3. The van der Waals surface area contributed by atoms with Crippen molar-refractivity contribution in [1.82, 2.24) is 0 Å². The van der Waals surface area contributed by atoms with E-state index in [4.69, 9.17) is 47.4 Å². The summed E-state index contributed by atoms with van der Waals surface area (Å²) < 4.78 is 62.2. The van der Waals surface area contributed by atoms with Crippen LogP contribution in [0.1, 0.15) is 92.4 Å². The summed E-state index contributed by atoms with van der Waals surface area (Å²) in [7, 11) is 0. The molecule has 6 aliphatic heterocycles. The number of hydrogen-bond donors (Lipinski definition) is 12. The first-order chi connectivity index (χ1) is 34.1. The van der Waals surface area contributed by atoms with Crippen LogP contribution in [0, 0.1) is 40.4 Å². The second-order valence-electron chi connectivity index (χ2n) is 23.7. The lowest BCUT2D eigenvalue weighted by Crippen LogP contribution is -2.66. The van der Waals surface area contributed by atoms with Gasteiger partial charge in [-0.05, 0) is 99.7 Å². The van der Waals surface area contributed by atoms with Gasteiger partial charge in [-0.2, -0.15) is 0 Å². The summed E-state index contributed by atoms with van der Waals surface area (Å²) in [5.74, 6) is 0.783. The van der Waals surface area contributed by atoms with E-state index < -0.39 is 154 Å². The molecule has 0 radical (unpaired) electrons. The Balaban J connectivity index is 0.819. The lowest BCUT2D eigenvalue weighted by atomic mass is 9.47. The van der Waals surface area contributed by atoms with E-state index in [1.165, 1.54) is 12.5 Å². The summed E-state index contributed by atoms with van der Waals surface area (Å²) in [5, 5.41) is 126. The van der Waals surface area contributed by atoms with Crippen LogP contribution in [0.5, 0.6) is 0 Å². The van der Waals surface area contributed by atoms with Crippen LogP contribution in [0.3, 0.4) is 0 Å². The Morgan fingerprint density at radius 3 is 2.04 bits per heavy atom. The average Bonchev–Trinajstić information content (AvgIpc) is 3.96. The minimum atomic E-state index is -1.75. The highest BCUT2D eigenvalue weighted by molar-refractivity contribution is 5.27. The zero-order valence-electron chi connectivity index (χ0n) is 41.7. The molecule has 0 aromatic heterocycles. The van der Waals surface area contributed by atoms with Crippen molar-refractivity contribution in [2.75, 3.05) is 26.4 Å². The Bertz CT molecular complexity index is 1930. The molecule has 0 aromatic rings. The summed E-state index contributed by atoms with van der Waals surface area (Å²) in [5.41, 5.74) is 0.378. The second kappa shape index (κ2) is 20.3. The molecule has 1 spiro atoms. The van der Waals surface area contributed by atoms with E-state index in [2.05, 4.69) is 26.8 Å². The average molecular weight is 1030 g/mol. The van der Waals surface area contributed by atoms with Crippen molar-refractivity contribution in [2.24, 2.45) is 40.4 Å². The van der Waals surface area contributed by atoms with Crippen LogP contribution < -0.4 is 0 Å². The summed E-state index contributed by atoms with van der Waals surface area (Å²) in [6.45, 7) is 8.93. The normalized spacial score (nSPS) is 57.6. The van der Waals surface area contributed by atoms with Gasteiger partial charge in [0.15, 0.2) is 30.9 Å². The van der Waals surface area contributed by atoms with Gasteiger partial charge in [-0.1, -0.05) is 32.4 Å². The highest BCUT2D eigenvalue weighted by Crippen LogP contribution is 2.71. The van der Waals surface area contributed by atoms with Gasteiger partial charge in [-0.25, -0.2) is 0 Å². The van der Waals surface area contributed by atoms with Crippen molar-refractivity contribution in [3.8, 4) is 0 Å². The maximum atomic E-state index is 11.6. The molecule has 0 aromatic carbocycles. The molecule has 30 atom stereocenters. The molecular weight excluding hydrogens is 953 g/mol. The first-order valence-corrected chi connectivity index (χ1v) is 26.3. The van der Waals surface area contributed by atoms with Crippen molar-refractivity contribution >= 4 is 0 Å². The van der Waals surface area contributed by atoms with Crippen LogP contribution in [0.15, 0.2) is 11.6 Å². The molecule has 4 aliphatic carbocycles. The zero-order valence-corrected chi connectivity index (χ0v) is 41.7. The van der Waals surface area contributed by atoms with E-state index in [-0.39, 0.29) is 35.4 Å². The molecule has 412 valence electrons. The van der Waals surface area contributed by atoms with Crippen LogP contribution in [0.2, 0.25) is 0 Å². The lowest BCUT2D eigenvalue weighted by Gasteiger charge is -2.58. The van der Waals surface area contributed by atoms with E-state index in [1.54, 1.807) is 0 Å². The number of aliphatic hydroxyl groups excluding tert-OH is 12. The number of hydrogen-bond acceptors (Lipinski definition) is 22.